The maximum absolute atomic E-state index is 5.96. The van der Waals surface area contributed by atoms with E-state index >= 15 is 0 Å². The van der Waals surface area contributed by atoms with Gasteiger partial charge in [0.1, 0.15) is 0 Å². The van der Waals surface area contributed by atoms with Crippen molar-refractivity contribution < 1.29 is 9.31 Å². The molecule has 1 saturated heterocycles. The Balaban J connectivity index is 1.97. The summed E-state index contributed by atoms with van der Waals surface area (Å²) in [7, 11) is -0.421. The van der Waals surface area contributed by atoms with Crippen LogP contribution in [0.2, 0.25) is 0 Å². The molecule has 18 heavy (non-hydrogen) atoms. The molecule has 0 atom stereocenters. The second-order valence-corrected chi connectivity index (χ2v) is 5.60. The van der Waals surface area contributed by atoms with E-state index in [1.54, 1.807) is 12.4 Å². The van der Waals surface area contributed by atoms with Crippen molar-refractivity contribution in [1.29, 1.82) is 0 Å². The molecule has 3 heterocycles. The number of aromatic nitrogens is 3. The van der Waals surface area contributed by atoms with E-state index in [9.17, 15) is 0 Å². The first-order chi connectivity index (χ1) is 8.39. The molecule has 0 radical (unpaired) electrons. The lowest BCUT2D eigenvalue weighted by Crippen LogP contribution is -2.41. The minimum Gasteiger partial charge on any atom is -0.398 e. The highest BCUT2D eigenvalue weighted by Gasteiger charge is 2.52. The minimum absolute atomic E-state index is 0.342. The highest BCUT2D eigenvalue weighted by Crippen LogP contribution is 2.36. The monoisotopic (exact) mass is 245 g/mol. The standard InChI is InChI=1S/C12H16BN3O2/c1-11(2)12(3,4)18-13(17-11)9-8-16-6-5-14-7-10(16)15-9/h5-8H,1-4H3. The number of imidazole rings is 1. The zero-order valence-corrected chi connectivity index (χ0v) is 11.0. The molecule has 5 nitrogen and oxygen atoms in total. The first-order valence-corrected chi connectivity index (χ1v) is 6.03. The third-order valence-electron chi connectivity index (χ3n) is 3.78. The van der Waals surface area contributed by atoms with Gasteiger partial charge in [0.25, 0.3) is 0 Å². The second kappa shape index (κ2) is 3.55. The SMILES string of the molecule is CC1(C)OB(c2cn3ccncc3n2)OC1(C)C. The van der Waals surface area contributed by atoms with Crippen LogP contribution in [0.25, 0.3) is 5.65 Å². The molecule has 0 unspecified atom stereocenters. The fraction of sp³-hybridized carbons (Fsp3) is 0.500. The largest absolute Gasteiger partial charge is 0.516 e. The van der Waals surface area contributed by atoms with Crippen LogP contribution in [0, 0.1) is 0 Å². The molecule has 0 spiro atoms. The Labute approximate surface area is 106 Å². The van der Waals surface area contributed by atoms with E-state index in [0.29, 0.717) is 0 Å². The number of nitrogens with zero attached hydrogens (tertiary/aromatic N) is 3. The van der Waals surface area contributed by atoms with Crippen LogP contribution >= 0.6 is 0 Å². The predicted octanol–water partition coefficient (Wildman–Crippen LogP) is 1.03. The van der Waals surface area contributed by atoms with Crippen molar-refractivity contribution >= 4 is 18.4 Å². The third-order valence-corrected chi connectivity index (χ3v) is 3.78. The number of fused-ring (bicyclic) bond motifs is 1. The Morgan fingerprint density at radius 2 is 1.83 bits per heavy atom. The highest BCUT2D eigenvalue weighted by atomic mass is 16.7. The molecule has 2 aromatic rings. The van der Waals surface area contributed by atoms with Gasteiger partial charge in [0.15, 0.2) is 5.65 Å². The molecule has 0 saturated carbocycles. The van der Waals surface area contributed by atoms with Gasteiger partial charge < -0.3 is 13.7 Å². The maximum atomic E-state index is 5.96. The summed E-state index contributed by atoms with van der Waals surface area (Å²) in [4.78, 5) is 8.52. The van der Waals surface area contributed by atoms with Gasteiger partial charge in [0, 0.05) is 18.6 Å². The summed E-state index contributed by atoms with van der Waals surface area (Å²) in [6.07, 6.45) is 7.22. The van der Waals surface area contributed by atoms with Crippen LogP contribution in [0.4, 0.5) is 0 Å². The van der Waals surface area contributed by atoms with Gasteiger partial charge in [-0.1, -0.05) is 0 Å². The average Bonchev–Trinajstić information content (AvgIpc) is 2.78. The quantitative estimate of drug-likeness (QED) is 0.704. The second-order valence-electron chi connectivity index (χ2n) is 5.60. The topological polar surface area (TPSA) is 48.7 Å². The molecule has 3 rings (SSSR count). The van der Waals surface area contributed by atoms with E-state index in [0.717, 1.165) is 11.2 Å². The van der Waals surface area contributed by atoms with E-state index in [4.69, 9.17) is 9.31 Å². The van der Waals surface area contributed by atoms with E-state index in [-0.39, 0.29) is 11.2 Å². The van der Waals surface area contributed by atoms with Crippen LogP contribution in [0.1, 0.15) is 27.7 Å². The lowest BCUT2D eigenvalue weighted by atomic mass is 9.86. The van der Waals surface area contributed by atoms with Crippen molar-refractivity contribution in [3.63, 3.8) is 0 Å². The van der Waals surface area contributed by atoms with E-state index in [2.05, 4.69) is 9.97 Å². The summed E-state index contributed by atoms with van der Waals surface area (Å²) in [5, 5.41) is 0. The lowest BCUT2D eigenvalue weighted by molar-refractivity contribution is 0.00578. The molecular formula is C12H16BN3O2. The van der Waals surface area contributed by atoms with Gasteiger partial charge >= 0.3 is 7.12 Å². The van der Waals surface area contributed by atoms with Gasteiger partial charge in [-0.05, 0) is 27.7 Å². The Kier molecular flexibility index (Phi) is 2.31. The maximum Gasteiger partial charge on any atom is 0.516 e. The fourth-order valence-corrected chi connectivity index (χ4v) is 1.94. The lowest BCUT2D eigenvalue weighted by Gasteiger charge is -2.32. The molecule has 1 aliphatic rings. The zero-order chi connectivity index (χ0) is 13.0. The van der Waals surface area contributed by atoms with Crippen LogP contribution in [0.15, 0.2) is 24.8 Å². The van der Waals surface area contributed by atoms with Gasteiger partial charge in [0.05, 0.1) is 23.0 Å². The van der Waals surface area contributed by atoms with Crippen molar-refractivity contribution in [2.45, 2.75) is 38.9 Å². The predicted molar refractivity (Wildman–Crippen MR) is 68.7 cm³/mol. The Morgan fingerprint density at radius 3 is 2.44 bits per heavy atom. The molecule has 6 heteroatoms. The van der Waals surface area contributed by atoms with Crippen LogP contribution in [0.3, 0.4) is 0 Å². The Bertz CT molecular complexity index is 545. The Hall–Kier alpha value is -1.40. The van der Waals surface area contributed by atoms with Crippen molar-refractivity contribution in [2.75, 3.05) is 0 Å². The van der Waals surface area contributed by atoms with Crippen molar-refractivity contribution in [3.8, 4) is 0 Å². The normalized spacial score (nSPS) is 21.7. The smallest absolute Gasteiger partial charge is 0.398 e. The molecule has 0 bridgehead atoms. The molecule has 2 aromatic heterocycles. The molecule has 94 valence electrons. The molecular weight excluding hydrogens is 229 g/mol. The van der Waals surface area contributed by atoms with Gasteiger partial charge in [-0.2, -0.15) is 0 Å². The molecule has 1 aliphatic heterocycles. The highest BCUT2D eigenvalue weighted by molar-refractivity contribution is 6.61. The summed E-state index contributed by atoms with van der Waals surface area (Å²) in [6.45, 7) is 8.13. The average molecular weight is 245 g/mol. The molecule has 0 N–H and O–H groups in total. The van der Waals surface area contributed by atoms with Crippen LogP contribution in [0.5, 0.6) is 0 Å². The van der Waals surface area contributed by atoms with Crippen LogP contribution < -0.4 is 5.59 Å². The fourth-order valence-electron chi connectivity index (χ4n) is 1.94. The van der Waals surface area contributed by atoms with Gasteiger partial charge in [0.2, 0.25) is 0 Å². The number of hydrogen-bond acceptors (Lipinski definition) is 4. The van der Waals surface area contributed by atoms with Crippen molar-refractivity contribution in [1.82, 2.24) is 14.4 Å². The summed E-state index contributed by atoms with van der Waals surface area (Å²) >= 11 is 0. The zero-order valence-electron chi connectivity index (χ0n) is 11.0. The van der Waals surface area contributed by atoms with Gasteiger partial charge in [-0.25, -0.2) is 4.98 Å². The summed E-state index contributed by atoms with van der Waals surface area (Å²) in [5.41, 5.74) is 0.890. The van der Waals surface area contributed by atoms with Crippen molar-refractivity contribution in [3.05, 3.63) is 24.8 Å². The first kappa shape index (κ1) is 11.7. The summed E-state index contributed by atoms with van der Waals surface area (Å²) in [5.74, 6) is 0. The van der Waals surface area contributed by atoms with Gasteiger partial charge in [-0.3, -0.25) is 4.98 Å². The third kappa shape index (κ3) is 1.64. The van der Waals surface area contributed by atoms with Gasteiger partial charge in [-0.15, -0.1) is 0 Å². The number of hydrogen-bond donors (Lipinski definition) is 0. The van der Waals surface area contributed by atoms with Crippen LogP contribution in [-0.4, -0.2) is 32.7 Å². The van der Waals surface area contributed by atoms with E-state index in [1.165, 1.54) is 0 Å². The summed E-state index contributed by atoms with van der Waals surface area (Å²) in [6, 6.07) is 0. The molecule has 0 amide bonds. The van der Waals surface area contributed by atoms with E-state index in [1.807, 2.05) is 44.5 Å². The Morgan fingerprint density at radius 1 is 1.17 bits per heavy atom. The molecule has 0 aliphatic carbocycles. The molecule has 0 aromatic carbocycles. The van der Waals surface area contributed by atoms with Crippen LogP contribution in [-0.2, 0) is 9.31 Å². The minimum atomic E-state index is -0.421. The number of rotatable bonds is 1. The summed E-state index contributed by atoms with van der Waals surface area (Å²) < 4.78 is 13.8. The van der Waals surface area contributed by atoms with Crippen molar-refractivity contribution in [2.24, 2.45) is 0 Å². The first-order valence-electron chi connectivity index (χ1n) is 6.03. The molecule has 1 fully saturated rings. The van der Waals surface area contributed by atoms with E-state index < -0.39 is 7.12 Å².